The van der Waals surface area contributed by atoms with E-state index in [0.29, 0.717) is 5.16 Å². The number of amides is 1. The molecular weight excluding hydrogens is 410 g/mol. The maximum Gasteiger partial charge on any atom is 0.234 e. The number of rotatable bonds is 6. The van der Waals surface area contributed by atoms with E-state index in [1.807, 2.05) is 60.2 Å². The van der Waals surface area contributed by atoms with Crippen LogP contribution in [0.25, 0.3) is 15.9 Å². The molecule has 1 N–H and O–H groups in total. The van der Waals surface area contributed by atoms with Gasteiger partial charge in [-0.15, -0.1) is 21.5 Å². The molecule has 0 aliphatic carbocycles. The fraction of sp³-hybridized carbons (Fsp3) is 0.158. The maximum atomic E-state index is 12.4. The number of aryl methyl sites for hydroxylation is 1. The molecule has 0 aliphatic heterocycles. The third-order valence-corrected chi connectivity index (χ3v) is 6.93. The monoisotopic (exact) mass is 427 g/mol. The molecule has 0 spiro atoms. The third-order valence-electron chi connectivity index (χ3n) is 3.99. The lowest BCUT2D eigenvalue weighted by Crippen LogP contribution is -2.14. The number of hydrogen-bond donors (Lipinski definition) is 1. The van der Waals surface area contributed by atoms with Gasteiger partial charge in [-0.05, 0) is 43.5 Å². The Morgan fingerprint density at radius 1 is 1.21 bits per heavy atom. The van der Waals surface area contributed by atoms with E-state index in [-0.39, 0.29) is 11.7 Å². The lowest BCUT2D eigenvalue weighted by atomic mass is 10.2. The Bertz CT molecular complexity index is 1120. The largest absolute Gasteiger partial charge is 0.325 e. The Kier molecular flexibility index (Phi) is 5.65. The highest BCUT2D eigenvalue weighted by Crippen LogP contribution is 2.30. The van der Waals surface area contributed by atoms with Crippen molar-refractivity contribution < 1.29 is 4.79 Å². The fourth-order valence-electron chi connectivity index (χ4n) is 2.60. The second-order valence-corrected chi connectivity index (χ2v) is 9.05. The Balaban J connectivity index is 1.41. The first-order valence-corrected chi connectivity index (χ1v) is 11.5. The number of hydrogen-bond acceptors (Lipinski definition) is 7. The zero-order valence-electron chi connectivity index (χ0n) is 15.2. The third kappa shape index (κ3) is 4.21. The van der Waals surface area contributed by atoms with Crippen molar-refractivity contribution in [3.05, 3.63) is 54.4 Å². The van der Waals surface area contributed by atoms with Crippen molar-refractivity contribution in [3.63, 3.8) is 0 Å². The molecular formula is C19H17N5OS3. The van der Waals surface area contributed by atoms with E-state index in [9.17, 15) is 4.79 Å². The number of thioether (sulfide) groups is 2. The standard InChI is InChI=1S/C19H17N5OS3/c1-12-3-6-14(7-4-12)24-11-20-23-18(24)27-10-17(25)21-13-5-8-15-16(9-13)28-19(22-15)26-2/h3-9,11H,10H2,1-2H3,(H,21,25). The molecule has 9 heteroatoms. The SMILES string of the molecule is CSc1nc2ccc(NC(=O)CSc3nncn3-c3ccc(C)cc3)cc2s1. The van der Waals surface area contributed by atoms with Crippen molar-refractivity contribution in [2.24, 2.45) is 0 Å². The minimum absolute atomic E-state index is 0.0857. The minimum atomic E-state index is -0.0857. The highest BCUT2D eigenvalue weighted by atomic mass is 32.2. The van der Waals surface area contributed by atoms with Gasteiger partial charge >= 0.3 is 0 Å². The first-order valence-electron chi connectivity index (χ1n) is 8.46. The lowest BCUT2D eigenvalue weighted by Gasteiger charge is -2.07. The van der Waals surface area contributed by atoms with E-state index >= 15 is 0 Å². The molecule has 0 unspecified atom stereocenters. The first-order chi connectivity index (χ1) is 13.6. The highest BCUT2D eigenvalue weighted by molar-refractivity contribution is 8.00. The van der Waals surface area contributed by atoms with E-state index in [2.05, 4.69) is 20.5 Å². The van der Waals surface area contributed by atoms with E-state index < -0.39 is 0 Å². The topological polar surface area (TPSA) is 72.7 Å². The summed E-state index contributed by atoms with van der Waals surface area (Å²) < 4.78 is 3.96. The second kappa shape index (κ2) is 8.34. The van der Waals surface area contributed by atoms with Gasteiger partial charge < -0.3 is 5.32 Å². The van der Waals surface area contributed by atoms with Crippen molar-refractivity contribution in [2.75, 3.05) is 17.3 Å². The maximum absolute atomic E-state index is 12.4. The van der Waals surface area contributed by atoms with Crippen molar-refractivity contribution >= 4 is 56.7 Å². The fourth-order valence-corrected chi connectivity index (χ4v) is 4.86. The van der Waals surface area contributed by atoms with E-state index in [1.54, 1.807) is 29.4 Å². The smallest absolute Gasteiger partial charge is 0.234 e. The molecule has 2 aromatic carbocycles. The summed E-state index contributed by atoms with van der Waals surface area (Å²) in [6, 6.07) is 13.9. The quantitative estimate of drug-likeness (QED) is 0.452. The van der Waals surface area contributed by atoms with Crippen LogP contribution in [0.3, 0.4) is 0 Å². The van der Waals surface area contributed by atoms with Crippen LogP contribution in [-0.2, 0) is 4.79 Å². The first kappa shape index (κ1) is 19.0. The molecule has 0 bridgehead atoms. The van der Waals surface area contributed by atoms with E-state index in [4.69, 9.17) is 0 Å². The number of fused-ring (bicyclic) bond motifs is 1. The van der Waals surface area contributed by atoms with Gasteiger partial charge in [0.15, 0.2) is 9.50 Å². The Morgan fingerprint density at radius 3 is 2.82 bits per heavy atom. The van der Waals surface area contributed by atoms with Gasteiger partial charge in [-0.3, -0.25) is 9.36 Å². The summed E-state index contributed by atoms with van der Waals surface area (Å²) in [6.07, 6.45) is 3.67. The van der Waals surface area contributed by atoms with Gasteiger partial charge in [-0.2, -0.15) is 0 Å². The van der Waals surface area contributed by atoms with Gasteiger partial charge in [0, 0.05) is 11.4 Å². The molecule has 0 fully saturated rings. The van der Waals surface area contributed by atoms with Gasteiger partial charge in [0.05, 0.1) is 16.0 Å². The molecule has 142 valence electrons. The molecule has 2 aromatic heterocycles. The Hall–Kier alpha value is -2.36. The number of thiazole rings is 1. The average molecular weight is 428 g/mol. The van der Waals surface area contributed by atoms with Crippen LogP contribution >= 0.6 is 34.9 Å². The normalized spacial score (nSPS) is 11.1. The molecule has 6 nitrogen and oxygen atoms in total. The van der Waals surface area contributed by atoms with Crippen LogP contribution in [0.4, 0.5) is 5.69 Å². The van der Waals surface area contributed by atoms with Crippen LogP contribution in [-0.4, -0.2) is 37.7 Å². The van der Waals surface area contributed by atoms with Gasteiger partial charge in [-0.1, -0.05) is 41.2 Å². The summed E-state index contributed by atoms with van der Waals surface area (Å²) in [4.78, 5) is 16.9. The molecule has 0 saturated heterocycles. The van der Waals surface area contributed by atoms with Crippen LogP contribution in [0.1, 0.15) is 5.56 Å². The Labute approximate surface area is 174 Å². The van der Waals surface area contributed by atoms with E-state index in [0.717, 1.165) is 25.9 Å². The van der Waals surface area contributed by atoms with Crippen LogP contribution in [0.15, 0.2) is 58.3 Å². The van der Waals surface area contributed by atoms with Crippen LogP contribution in [0.2, 0.25) is 0 Å². The number of benzene rings is 2. The zero-order valence-corrected chi connectivity index (χ0v) is 17.7. The van der Waals surface area contributed by atoms with E-state index in [1.165, 1.54) is 17.3 Å². The average Bonchev–Trinajstić information content (AvgIpc) is 3.33. The van der Waals surface area contributed by atoms with Crippen LogP contribution in [0, 0.1) is 6.92 Å². The molecule has 1 amide bonds. The zero-order chi connectivity index (χ0) is 19.5. The molecule has 2 heterocycles. The van der Waals surface area contributed by atoms with Gasteiger partial charge in [0.1, 0.15) is 6.33 Å². The van der Waals surface area contributed by atoms with Gasteiger partial charge in [0.25, 0.3) is 0 Å². The second-order valence-electron chi connectivity index (χ2n) is 6.02. The Morgan fingerprint density at radius 2 is 2.04 bits per heavy atom. The summed E-state index contributed by atoms with van der Waals surface area (Å²) in [5.74, 6) is 0.166. The molecule has 0 saturated carbocycles. The summed E-state index contributed by atoms with van der Waals surface area (Å²) >= 11 is 4.60. The van der Waals surface area contributed by atoms with Gasteiger partial charge in [0.2, 0.25) is 5.91 Å². The molecule has 4 aromatic rings. The minimum Gasteiger partial charge on any atom is -0.325 e. The van der Waals surface area contributed by atoms with Crippen molar-refractivity contribution in [1.82, 2.24) is 19.7 Å². The number of aromatic nitrogens is 4. The lowest BCUT2D eigenvalue weighted by molar-refractivity contribution is -0.113. The van der Waals surface area contributed by atoms with Crippen LogP contribution in [0.5, 0.6) is 0 Å². The summed E-state index contributed by atoms with van der Waals surface area (Å²) in [7, 11) is 0. The number of carbonyl (C=O) groups is 1. The molecule has 0 radical (unpaired) electrons. The number of carbonyl (C=O) groups excluding carboxylic acids is 1. The van der Waals surface area contributed by atoms with Crippen molar-refractivity contribution in [2.45, 2.75) is 16.4 Å². The molecule has 4 rings (SSSR count). The van der Waals surface area contributed by atoms with Crippen molar-refractivity contribution in [3.8, 4) is 5.69 Å². The highest BCUT2D eigenvalue weighted by Gasteiger charge is 2.11. The van der Waals surface area contributed by atoms with Crippen molar-refractivity contribution in [1.29, 1.82) is 0 Å². The van der Waals surface area contributed by atoms with Gasteiger partial charge in [-0.25, -0.2) is 4.98 Å². The van der Waals surface area contributed by atoms with Crippen LogP contribution < -0.4 is 5.32 Å². The number of nitrogens with zero attached hydrogens (tertiary/aromatic N) is 4. The summed E-state index contributed by atoms with van der Waals surface area (Å²) in [5.41, 5.74) is 3.88. The number of anilines is 1. The molecule has 0 aliphatic rings. The number of nitrogens with one attached hydrogen (secondary N) is 1. The molecule has 28 heavy (non-hydrogen) atoms. The molecule has 0 atom stereocenters. The summed E-state index contributed by atoms with van der Waals surface area (Å²) in [5, 5.41) is 11.7. The predicted octanol–water partition coefficient (Wildman–Crippen LogP) is 4.64. The summed E-state index contributed by atoms with van der Waals surface area (Å²) in [6.45, 7) is 2.04. The predicted molar refractivity (Wildman–Crippen MR) is 117 cm³/mol.